The molecule has 4 rings (SSSR count). The highest BCUT2D eigenvalue weighted by atomic mass is 16.6. The maximum atomic E-state index is 9.41. The molecule has 0 spiro atoms. The molecule has 2 aliphatic rings. The number of nitriles is 1. The van der Waals surface area contributed by atoms with E-state index in [1.54, 1.807) is 6.07 Å². The summed E-state index contributed by atoms with van der Waals surface area (Å²) in [6.07, 6.45) is 6.74. The number of aliphatic imine (C=N–C) groups is 1. The molecule has 0 amide bonds. The van der Waals surface area contributed by atoms with E-state index in [1.165, 1.54) is 11.1 Å². The Hall–Kier alpha value is -3.06. The third kappa shape index (κ3) is 5.89. The average molecular weight is 461 g/mol. The summed E-state index contributed by atoms with van der Waals surface area (Å²) in [4.78, 5) is 7.06. The molecule has 2 aromatic carbocycles. The zero-order chi connectivity index (χ0) is 24.1. The Morgan fingerprint density at radius 2 is 2.00 bits per heavy atom. The summed E-state index contributed by atoms with van der Waals surface area (Å²) in [5.41, 5.74) is 3.49. The van der Waals surface area contributed by atoms with Gasteiger partial charge in [-0.1, -0.05) is 36.4 Å². The second-order valence-electron chi connectivity index (χ2n) is 9.49. The van der Waals surface area contributed by atoms with Crippen molar-refractivity contribution in [3.05, 3.63) is 65.2 Å². The molecule has 0 heterocycles. The van der Waals surface area contributed by atoms with Gasteiger partial charge in [-0.05, 0) is 75.0 Å². The highest BCUT2D eigenvalue weighted by molar-refractivity contribution is 6.33. The molecule has 1 fully saturated rings. The lowest BCUT2D eigenvalue weighted by Gasteiger charge is -2.32. The SMILES string of the molecule is CN(C)CC(c1cccc(OB(O)O)c1)C1(NC(=N[C@H]2CCc3ccccc3C2)NC#N)CC1. The number of nitrogens with zero attached hydrogens (tertiary/aromatic N) is 3. The van der Waals surface area contributed by atoms with Gasteiger partial charge in [0.1, 0.15) is 5.75 Å². The number of rotatable bonds is 8. The monoisotopic (exact) mass is 461 g/mol. The van der Waals surface area contributed by atoms with E-state index in [4.69, 9.17) is 9.65 Å². The first kappa shape index (κ1) is 24.1. The Morgan fingerprint density at radius 1 is 1.24 bits per heavy atom. The second kappa shape index (κ2) is 10.5. The van der Waals surface area contributed by atoms with Gasteiger partial charge in [0.2, 0.25) is 5.96 Å². The summed E-state index contributed by atoms with van der Waals surface area (Å²) in [5, 5.41) is 34.2. The van der Waals surface area contributed by atoms with Crippen molar-refractivity contribution < 1.29 is 14.7 Å². The third-order valence-electron chi connectivity index (χ3n) is 6.68. The summed E-state index contributed by atoms with van der Waals surface area (Å²) in [7, 11) is 2.20. The van der Waals surface area contributed by atoms with Crippen molar-refractivity contribution in [2.45, 2.75) is 49.6 Å². The first-order chi connectivity index (χ1) is 16.4. The number of benzene rings is 2. The number of hydrogen-bond donors (Lipinski definition) is 4. The van der Waals surface area contributed by atoms with Crippen LogP contribution in [-0.4, -0.2) is 60.4 Å². The quantitative estimate of drug-likeness (QED) is 0.156. The first-order valence-electron chi connectivity index (χ1n) is 11.7. The molecular weight excluding hydrogens is 429 g/mol. The average Bonchev–Trinajstić information content (AvgIpc) is 3.57. The zero-order valence-corrected chi connectivity index (χ0v) is 19.7. The number of likely N-dealkylation sites (N-methyl/N-ethyl adjacent to an activating group) is 1. The third-order valence-corrected chi connectivity index (χ3v) is 6.68. The Morgan fingerprint density at radius 3 is 2.68 bits per heavy atom. The zero-order valence-electron chi connectivity index (χ0n) is 19.7. The minimum absolute atomic E-state index is 0.0830. The molecule has 8 nitrogen and oxygen atoms in total. The van der Waals surface area contributed by atoms with E-state index >= 15 is 0 Å². The molecule has 1 saturated carbocycles. The fourth-order valence-corrected chi connectivity index (χ4v) is 4.94. The Labute approximate surface area is 201 Å². The predicted molar refractivity (Wildman–Crippen MR) is 132 cm³/mol. The molecule has 0 radical (unpaired) electrons. The highest BCUT2D eigenvalue weighted by Gasteiger charge is 2.51. The van der Waals surface area contributed by atoms with Gasteiger partial charge in [0, 0.05) is 18.0 Å². The van der Waals surface area contributed by atoms with Gasteiger partial charge >= 0.3 is 7.32 Å². The predicted octanol–water partition coefficient (Wildman–Crippen LogP) is 1.79. The summed E-state index contributed by atoms with van der Waals surface area (Å²) >= 11 is 0. The normalized spacial score (nSPS) is 19.5. The molecule has 2 aromatic rings. The van der Waals surface area contributed by atoms with E-state index < -0.39 is 7.32 Å². The van der Waals surface area contributed by atoms with Crippen molar-refractivity contribution in [1.29, 1.82) is 5.26 Å². The van der Waals surface area contributed by atoms with E-state index in [0.717, 1.165) is 44.2 Å². The van der Waals surface area contributed by atoms with Gasteiger partial charge in [0.15, 0.2) is 6.19 Å². The number of guanidine groups is 1. The van der Waals surface area contributed by atoms with Gasteiger partial charge in [-0.25, -0.2) is 4.99 Å². The molecule has 1 unspecified atom stereocenters. The summed E-state index contributed by atoms with van der Waals surface area (Å²) < 4.78 is 5.09. The Kier molecular flexibility index (Phi) is 7.42. The van der Waals surface area contributed by atoms with Crippen LogP contribution in [0.3, 0.4) is 0 Å². The highest BCUT2D eigenvalue weighted by Crippen LogP contribution is 2.48. The van der Waals surface area contributed by atoms with Crippen molar-refractivity contribution in [1.82, 2.24) is 15.5 Å². The van der Waals surface area contributed by atoms with Crippen LogP contribution in [0, 0.1) is 11.5 Å². The van der Waals surface area contributed by atoms with Crippen molar-refractivity contribution in [2.75, 3.05) is 20.6 Å². The van der Waals surface area contributed by atoms with Crippen molar-refractivity contribution in [2.24, 2.45) is 4.99 Å². The van der Waals surface area contributed by atoms with E-state index in [1.807, 2.05) is 38.5 Å². The van der Waals surface area contributed by atoms with Gasteiger partial charge in [0.25, 0.3) is 0 Å². The molecule has 178 valence electrons. The maximum absolute atomic E-state index is 9.41. The van der Waals surface area contributed by atoms with Crippen LogP contribution in [0.15, 0.2) is 53.5 Å². The summed E-state index contributed by atoms with van der Waals surface area (Å²) in [5.74, 6) is 1.00. The van der Waals surface area contributed by atoms with Crippen LogP contribution in [0.1, 0.15) is 41.9 Å². The summed E-state index contributed by atoms with van der Waals surface area (Å²) in [6.45, 7) is 0.773. The van der Waals surface area contributed by atoms with E-state index in [0.29, 0.717) is 11.7 Å². The van der Waals surface area contributed by atoms with Crippen LogP contribution >= 0.6 is 0 Å². The molecule has 0 aliphatic heterocycles. The van der Waals surface area contributed by atoms with Crippen molar-refractivity contribution in [3.8, 4) is 11.9 Å². The second-order valence-corrected chi connectivity index (χ2v) is 9.49. The lowest BCUT2D eigenvalue weighted by molar-refractivity contribution is 0.287. The van der Waals surface area contributed by atoms with Gasteiger partial charge < -0.3 is 24.9 Å². The largest absolute Gasteiger partial charge is 0.707 e. The number of fused-ring (bicyclic) bond motifs is 1. The van der Waals surface area contributed by atoms with Gasteiger partial charge in [-0.15, -0.1) is 0 Å². The smallest absolute Gasteiger partial charge is 0.512 e. The van der Waals surface area contributed by atoms with E-state index in [-0.39, 0.29) is 17.5 Å². The molecule has 9 heteroatoms. The fraction of sp³-hybridized carbons (Fsp3) is 0.440. The van der Waals surface area contributed by atoms with Crippen LogP contribution in [0.4, 0.5) is 0 Å². The van der Waals surface area contributed by atoms with Crippen LogP contribution in [0.2, 0.25) is 0 Å². The van der Waals surface area contributed by atoms with E-state index in [9.17, 15) is 15.3 Å². The minimum atomic E-state index is -1.87. The van der Waals surface area contributed by atoms with Crippen LogP contribution in [0.5, 0.6) is 5.75 Å². The van der Waals surface area contributed by atoms with Crippen molar-refractivity contribution in [3.63, 3.8) is 0 Å². The fourth-order valence-electron chi connectivity index (χ4n) is 4.94. The first-order valence-corrected chi connectivity index (χ1v) is 11.7. The van der Waals surface area contributed by atoms with Crippen LogP contribution < -0.4 is 15.3 Å². The lowest BCUT2D eigenvalue weighted by Crippen LogP contribution is -2.49. The molecule has 34 heavy (non-hydrogen) atoms. The maximum Gasteiger partial charge on any atom is 0.707 e. The Bertz CT molecular complexity index is 1060. The lowest BCUT2D eigenvalue weighted by atomic mass is 9.88. The summed E-state index contributed by atoms with van der Waals surface area (Å²) in [6, 6.07) is 16.0. The minimum Gasteiger partial charge on any atom is -0.512 e. The van der Waals surface area contributed by atoms with Crippen molar-refractivity contribution >= 4 is 13.3 Å². The van der Waals surface area contributed by atoms with Gasteiger partial charge in [0.05, 0.1) is 6.04 Å². The van der Waals surface area contributed by atoms with Crippen LogP contribution in [-0.2, 0) is 12.8 Å². The molecule has 2 atom stereocenters. The van der Waals surface area contributed by atoms with Gasteiger partial charge in [-0.3, -0.25) is 5.32 Å². The van der Waals surface area contributed by atoms with E-state index in [2.05, 4.69) is 39.8 Å². The van der Waals surface area contributed by atoms with Crippen LogP contribution in [0.25, 0.3) is 0 Å². The van der Waals surface area contributed by atoms with Gasteiger partial charge in [-0.2, -0.15) is 5.26 Å². The molecule has 0 saturated heterocycles. The topological polar surface area (TPSA) is 113 Å². The molecule has 0 bridgehead atoms. The molecule has 0 aromatic heterocycles. The Balaban J connectivity index is 1.57. The number of hydrogen-bond acceptors (Lipinski definition) is 6. The molecular formula is C25H32BN5O3. The molecule has 2 aliphatic carbocycles. The molecule has 4 N–H and O–H groups in total. The number of aryl methyl sites for hydroxylation is 1. The number of nitrogens with one attached hydrogen (secondary N) is 2. The standard InChI is InChI=1S/C25H32BN5O3/c1-31(2)16-23(20-8-5-9-22(15-20)34-26(32)33)25(12-13-25)30-24(28-17-27)29-21-11-10-18-6-3-4-7-19(18)14-21/h3-9,15,21,23,32-33H,10-14,16H2,1-2H3,(H2,28,29,30)/t21-,23?/m0/s1.